The van der Waals surface area contributed by atoms with E-state index >= 15 is 0 Å². The summed E-state index contributed by atoms with van der Waals surface area (Å²) >= 11 is 0. The van der Waals surface area contributed by atoms with Crippen molar-refractivity contribution in [1.82, 2.24) is 5.32 Å². The maximum absolute atomic E-state index is 11.1. The lowest BCUT2D eigenvalue weighted by Crippen LogP contribution is -2.31. The van der Waals surface area contributed by atoms with Gasteiger partial charge in [0.2, 0.25) is 5.91 Å². The lowest BCUT2D eigenvalue weighted by molar-refractivity contribution is -0.127. The average molecular weight is 151 g/mol. The second-order valence-corrected chi connectivity index (χ2v) is 3.22. The first-order valence-corrected chi connectivity index (χ1v) is 3.40. The van der Waals surface area contributed by atoms with Gasteiger partial charge in [0.25, 0.3) is 0 Å². The predicted molar refractivity (Wildman–Crippen MR) is 45.6 cm³/mol. The number of allylic oxidation sites excluding steroid dienone is 1. The van der Waals surface area contributed by atoms with Crippen molar-refractivity contribution in [1.29, 1.82) is 0 Å². The molecule has 0 radical (unpaired) electrons. The van der Waals surface area contributed by atoms with Gasteiger partial charge in [-0.25, -0.2) is 0 Å². The molecule has 2 heteroatoms. The largest absolute Gasteiger partial charge is 0.332 e. The van der Waals surface area contributed by atoms with Crippen LogP contribution in [-0.4, -0.2) is 5.91 Å². The van der Waals surface area contributed by atoms with E-state index in [2.05, 4.69) is 11.2 Å². The van der Waals surface area contributed by atoms with E-state index in [-0.39, 0.29) is 11.3 Å². The molecule has 0 aromatic carbocycles. The molecule has 0 spiro atoms. The third kappa shape index (κ3) is 4.21. The first-order chi connectivity index (χ1) is 4.98. The van der Waals surface area contributed by atoms with E-state index in [9.17, 15) is 4.79 Å². The highest BCUT2D eigenvalue weighted by Crippen LogP contribution is 2.11. The summed E-state index contributed by atoms with van der Waals surface area (Å²) in [5.41, 5.74) is -0.362. The molecule has 0 heterocycles. The van der Waals surface area contributed by atoms with Crippen LogP contribution < -0.4 is 5.32 Å². The Kier molecular flexibility index (Phi) is 3.39. The molecule has 0 unspecified atom stereocenters. The number of rotatable bonds is 1. The lowest BCUT2D eigenvalue weighted by Gasteiger charge is -2.15. The van der Waals surface area contributed by atoms with Gasteiger partial charge in [-0.05, 0) is 0 Å². The molecule has 0 aromatic heterocycles. The van der Waals surface area contributed by atoms with Crippen LogP contribution in [0.15, 0.2) is 12.3 Å². The standard InChI is InChI=1S/C9H13NO/c1-5-6-7-10-8(11)9(2,3)4/h1,6-7H,2-4H3,(H,10,11)/b7-6+. The summed E-state index contributed by atoms with van der Waals surface area (Å²) in [4.78, 5) is 11.1. The highest BCUT2D eigenvalue weighted by atomic mass is 16.2. The fourth-order valence-electron chi connectivity index (χ4n) is 0.382. The summed E-state index contributed by atoms with van der Waals surface area (Å²) in [5, 5.41) is 2.56. The quantitative estimate of drug-likeness (QED) is 0.562. The second kappa shape index (κ2) is 3.82. The van der Waals surface area contributed by atoms with Crippen molar-refractivity contribution in [3.8, 4) is 12.3 Å². The lowest BCUT2D eigenvalue weighted by atomic mass is 9.96. The molecule has 0 bridgehead atoms. The predicted octanol–water partition coefficient (Wildman–Crippen LogP) is 1.30. The number of carbonyl (C=O) groups excluding carboxylic acids is 1. The number of terminal acetylenes is 1. The van der Waals surface area contributed by atoms with Crippen molar-refractivity contribution in [3.63, 3.8) is 0 Å². The number of nitrogens with one attached hydrogen (secondary N) is 1. The Labute approximate surface area is 67.7 Å². The molecule has 0 aromatic rings. The molecule has 0 saturated carbocycles. The third-order valence-electron chi connectivity index (χ3n) is 1.08. The SMILES string of the molecule is C#C/C=C/NC(=O)C(C)(C)C. The van der Waals surface area contributed by atoms with Gasteiger partial charge >= 0.3 is 0 Å². The van der Waals surface area contributed by atoms with E-state index in [1.165, 1.54) is 12.3 Å². The Morgan fingerprint density at radius 1 is 1.55 bits per heavy atom. The zero-order chi connectivity index (χ0) is 8.91. The van der Waals surface area contributed by atoms with Crippen molar-refractivity contribution >= 4 is 5.91 Å². The van der Waals surface area contributed by atoms with Crippen LogP contribution >= 0.6 is 0 Å². The van der Waals surface area contributed by atoms with Gasteiger partial charge in [0, 0.05) is 17.7 Å². The van der Waals surface area contributed by atoms with Crippen molar-refractivity contribution in [2.45, 2.75) is 20.8 Å². The molecule has 1 N–H and O–H groups in total. The fraction of sp³-hybridized carbons (Fsp3) is 0.444. The minimum Gasteiger partial charge on any atom is -0.332 e. The molecule has 0 aliphatic carbocycles. The average Bonchev–Trinajstić information content (AvgIpc) is 1.86. The van der Waals surface area contributed by atoms with E-state index in [1.54, 1.807) is 0 Å². The van der Waals surface area contributed by atoms with Gasteiger partial charge in [0.05, 0.1) is 0 Å². The molecular formula is C9H13NO. The van der Waals surface area contributed by atoms with Crippen molar-refractivity contribution in [3.05, 3.63) is 12.3 Å². The summed E-state index contributed by atoms with van der Waals surface area (Å²) in [6.07, 6.45) is 7.85. The highest BCUT2D eigenvalue weighted by Gasteiger charge is 2.19. The highest BCUT2D eigenvalue weighted by molar-refractivity contribution is 5.82. The molecule has 0 fully saturated rings. The Bertz CT molecular complexity index is 203. The van der Waals surface area contributed by atoms with E-state index < -0.39 is 0 Å². The van der Waals surface area contributed by atoms with Crippen LogP contribution in [0.3, 0.4) is 0 Å². The normalized spacial score (nSPS) is 11.1. The van der Waals surface area contributed by atoms with Gasteiger partial charge < -0.3 is 5.32 Å². The van der Waals surface area contributed by atoms with Crippen LogP contribution in [0.25, 0.3) is 0 Å². The third-order valence-corrected chi connectivity index (χ3v) is 1.08. The molecule has 0 aliphatic heterocycles. The van der Waals surface area contributed by atoms with E-state index in [1.807, 2.05) is 20.8 Å². The van der Waals surface area contributed by atoms with Gasteiger partial charge in [-0.15, -0.1) is 6.42 Å². The Morgan fingerprint density at radius 3 is 2.45 bits per heavy atom. The van der Waals surface area contributed by atoms with Gasteiger partial charge in [-0.3, -0.25) is 4.79 Å². The second-order valence-electron chi connectivity index (χ2n) is 3.22. The Balaban J connectivity index is 3.92. The van der Waals surface area contributed by atoms with Crippen molar-refractivity contribution < 1.29 is 4.79 Å². The Morgan fingerprint density at radius 2 is 2.09 bits per heavy atom. The summed E-state index contributed by atoms with van der Waals surface area (Å²) in [5.74, 6) is 2.24. The van der Waals surface area contributed by atoms with Gasteiger partial charge in [-0.1, -0.05) is 26.7 Å². The maximum Gasteiger partial charge on any atom is 0.229 e. The molecule has 1 amide bonds. The van der Waals surface area contributed by atoms with Crippen molar-refractivity contribution in [2.24, 2.45) is 5.41 Å². The van der Waals surface area contributed by atoms with E-state index in [0.29, 0.717) is 0 Å². The number of hydrogen-bond acceptors (Lipinski definition) is 1. The first kappa shape index (κ1) is 9.77. The van der Waals surface area contributed by atoms with Crippen LogP contribution in [0, 0.1) is 17.8 Å². The molecule has 60 valence electrons. The van der Waals surface area contributed by atoms with Gasteiger partial charge in [0.15, 0.2) is 0 Å². The van der Waals surface area contributed by atoms with Crippen LogP contribution in [0.2, 0.25) is 0 Å². The van der Waals surface area contributed by atoms with E-state index in [4.69, 9.17) is 6.42 Å². The fourth-order valence-corrected chi connectivity index (χ4v) is 0.382. The van der Waals surface area contributed by atoms with Crippen molar-refractivity contribution in [2.75, 3.05) is 0 Å². The molecule has 2 nitrogen and oxygen atoms in total. The monoisotopic (exact) mass is 151 g/mol. The molecule has 0 atom stereocenters. The zero-order valence-electron chi connectivity index (χ0n) is 7.14. The minimum absolute atomic E-state index is 0.0380. The van der Waals surface area contributed by atoms with Crippen LogP contribution in [0.1, 0.15) is 20.8 Å². The molecule has 0 aliphatic rings. The Hall–Kier alpha value is -1.23. The van der Waals surface area contributed by atoms with Gasteiger partial charge in [-0.2, -0.15) is 0 Å². The van der Waals surface area contributed by atoms with Crippen LogP contribution in [-0.2, 0) is 4.79 Å². The van der Waals surface area contributed by atoms with Crippen LogP contribution in [0.4, 0.5) is 0 Å². The zero-order valence-corrected chi connectivity index (χ0v) is 7.14. The topological polar surface area (TPSA) is 29.1 Å². The summed E-state index contributed by atoms with van der Waals surface area (Å²) < 4.78 is 0. The van der Waals surface area contributed by atoms with E-state index in [0.717, 1.165) is 0 Å². The summed E-state index contributed by atoms with van der Waals surface area (Å²) in [7, 11) is 0. The summed E-state index contributed by atoms with van der Waals surface area (Å²) in [6, 6.07) is 0. The molecule has 0 rings (SSSR count). The molecular weight excluding hydrogens is 138 g/mol. The number of hydrogen-bond donors (Lipinski definition) is 1. The summed E-state index contributed by atoms with van der Waals surface area (Å²) in [6.45, 7) is 5.52. The number of carbonyl (C=O) groups is 1. The maximum atomic E-state index is 11.1. The molecule has 11 heavy (non-hydrogen) atoms. The smallest absolute Gasteiger partial charge is 0.229 e. The van der Waals surface area contributed by atoms with Gasteiger partial charge in [0.1, 0.15) is 0 Å². The van der Waals surface area contributed by atoms with Crippen LogP contribution in [0.5, 0.6) is 0 Å². The first-order valence-electron chi connectivity index (χ1n) is 3.40. The minimum atomic E-state index is -0.362. The molecule has 0 saturated heterocycles. The number of amides is 1.